The predicted molar refractivity (Wildman–Crippen MR) is 94.8 cm³/mol. The molecule has 6 heteroatoms. The topological polar surface area (TPSA) is 98.5 Å². The fourth-order valence-corrected chi connectivity index (χ4v) is 2.04. The van der Waals surface area contributed by atoms with Crippen molar-refractivity contribution < 1.29 is 19.1 Å². The van der Waals surface area contributed by atoms with Crippen molar-refractivity contribution in [1.29, 1.82) is 0 Å². The molecule has 3 N–H and O–H groups in total. The number of anilines is 1. The maximum Gasteiger partial charge on any atom is 0.331 e. The van der Waals surface area contributed by atoms with E-state index in [1.165, 1.54) is 30.3 Å². The summed E-state index contributed by atoms with van der Waals surface area (Å²) in [6.45, 7) is 1.55. The average Bonchev–Trinajstić information content (AvgIpc) is 2.58. The van der Waals surface area contributed by atoms with Crippen molar-refractivity contribution in [2.75, 3.05) is 11.9 Å². The van der Waals surface area contributed by atoms with E-state index in [-0.39, 0.29) is 0 Å². The smallest absolute Gasteiger partial charge is 0.331 e. The highest BCUT2D eigenvalue weighted by Gasteiger charge is 2.06. The Morgan fingerprint density at radius 1 is 1.12 bits per heavy atom. The van der Waals surface area contributed by atoms with Crippen molar-refractivity contribution in [2.24, 2.45) is 5.73 Å². The van der Waals surface area contributed by atoms with Crippen LogP contribution in [0.3, 0.4) is 0 Å². The van der Waals surface area contributed by atoms with E-state index in [2.05, 4.69) is 5.32 Å². The summed E-state index contributed by atoms with van der Waals surface area (Å²) >= 11 is 0. The number of aryl methyl sites for hydroxylation is 1. The van der Waals surface area contributed by atoms with Crippen LogP contribution in [0.15, 0.2) is 54.6 Å². The van der Waals surface area contributed by atoms with Gasteiger partial charge in [0, 0.05) is 17.3 Å². The Kier molecular flexibility index (Phi) is 6.06. The molecule has 0 saturated heterocycles. The summed E-state index contributed by atoms with van der Waals surface area (Å²) in [4.78, 5) is 34.4. The summed E-state index contributed by atoms with van der Waals surface area (Å²) in [7, 11) is 0. The molecular weight excluding hydrogens is 320 g/mol. The molecule has 2 rings (SSSR count). The predicted octanol–water partition coefficient (Wildman–Crippen LogP) is 2.29. The van der Waals surface area contributed by atoms with Gasteiger partial charge >= 0.3 is 5.97 Å². The molecule has 0 saturated carbocycles. The molecule has 0 bridgehead atoms. The molecule has 0 radical (unpaired) electrons. The zero-order valence-corrected chi connectivity index (χ0v) is 13.7. The van der Waals surface area contributed by atoms with E-state index in [1.807, 2.05) is 31.2 Å². The number of hydrogen-bond donors (Lipinski definition) is 2. The number of hydrogen-bond acceptors (Lipinski definition) is 4. The van der Waals surface area contributed by atoms with Crippen LogP contribution in [0.1, 0.15) is 21.5 Å². The van der Waals surface area contributed by atoms with Crippen molar-refractivity contribution in [3.8, 4) is 0 Å². The van der Waals surface area contributed by atoms with E-state index >= 15 is 0 Å². The van der Waals surface area contributed by atoms with E-state index in [4.69, 9.17) is 10.5 Å². The Morgan fingerprint density at radius 2 is 1.84 bits per heavy atom. The standard InChI is InChI=1S/C19H18N2O4/c1-13-3-2-4-14(11-13)5-10-18(23)25-12-17(22)21-16-8-6-15(7-9-16)19(20)24/h2-11H,12H2,1H3,(H2,20,24)(H,21,22)/b10-5+. The number of amides is 2. The minimum atomic E-state index is -0.610. The number of esters is 1. The SMILES string of the molecule is Cc1cccc(/C=C/C(=O)OCC(=O)Nc2ccc(C(N)=O)cc2)c1. The van der Waals surface area contributed by atoms with Crippen LogP contribution in [0.5, 0.6) is 0 Å². The fourth-order valence-electron chi connectivity index (χ4n) is 2.04. The first-order valence-corrected chi connectivity index (χ1v) is 7.55. The Balaban J connectivity index is 1.81. The van der Waals surface area contributed by atoms with Gasteiger partial charge in [0.15, 0.2) is 6.61 Å². The second-order valence-electron chi connectivity index (χ2n) is 5.34. The highest BCUT2D eigenvalue weighted by atomic mass is 16.5. The van der Waals surface area contributed by atoms with E-state index in [1.54, 1.807) is 6.08 Å². The molecule has 0 heterocycles. The van der Waals surface area contributed by atoms with Crippen LogP contribution >= 0.6 is 0 Å². The number of benzene rings is 2. The molecule has 2 aromatic carbocycles. The highest BCUT2D eigenvalue weighted by Crippen LogP contribution is 2.09. The molecule has 0 atom stereocenters. The largest absolute Gasteiger partial charge is 0.452 e. The van der Waals surface area contributed by atoms with Crippen LogP contribution in [0, 0.1) is 6.92 Å². The molecular formula is C19H18N2O4. The lowest BCUT2D eigenvalue weighted by Crippen LogP contribution is -2.20. The maximum atomic E-state index is 11.8. The van der Waals surface area contributed by atoms with Crippen LogP contribution in [-0.4, -0.2) is 24.4 Å². The van der Waals surface area contributed by atoms with Gasteiger partial charge in [0.25, 0.3) is 5.91 Å². The molecule has 0 unspecified atom stereocenters. The zero-order valence-electron chi connectivity index (χ0n) is 13.7. The lowest BCUT2D eigenvalue weighted by atomic mass is 10.1. The van der Waals surface area contributed by atoms with Crippen molar-refractivity contribution in [3.05, 3.63) is 71.3 Å². The van der Waals surface area contributed by atoms with Gasteiger partial charge in [-0.2, -0.15) is 0 Å². The van der Waals surface area contributed by atoms with E-state index in [0.717, 1.165) is 11.1 Å². The lowest BCUT2D eigenvalue weighted by Gasteiger charge is -2.06. The molecule has 25 heavy (non-hydrogen) atoms. The number of rotatable bonds is 6. The van der Waals surface area contributed by atoms with Gasteiger partial charge in [-0.3, -0.25) is 9.59 Å². The Hall–Kier alpha value is -3.41. The summed E-state index contributed by atoms with van der Waals surface area (Å²) in [6.07, 6.45) is 2.89. The molecule has 0 aliphatic heterocycles. The summed E-state index contributed by atoms with van der Waals surface area (Å²) in [5.74, 6) is -1.64. The summed E-state index contributed by atoms with van der Waals surface area (Å²) in [5, 5.41) is 2.55. The van der Waals surface area contributed by atoms with Gasteiger partial charge in [-0.25, -0.2) is 4.79 Å². The van der Waals surface area contributed by atoms with Gasteiger partial charge in [0.1, 0.15) is 0 Å². The summed E-state index contributed by atoms with van der Waals surface area (Å²) in [6, 6.07) is 13.7. The zero-order chi connectivity index (χ0) is 18.2. The molecule has 0 aliphatic carbocycles. The van der Waals surface area contributed by atoms with Crippen molar-refractivity contribution in [3.63, 3.8) is 0 Å². The number of ether oxygens (including phenoxy) is 1. The van der Waals surface area contributed by atoms with E-state index in [0.29, 0.717) is 11.3 Å². The van der Waals surface area contributed by atoms with Gasteiger partial charge in [-0.1, -0.05) is 29.8 Å². The monoisotopic (exact) mass is 338 g/mol. The summed E-state index contributed by atoms with van der Waals surface area (Å²) in [5.41, 5.74) is 7.90. The highest BCUT2D eigenvalue weighted by molar-refractivity contribution is 5.96. The van der Waals surface area contributed by atoms with Gasteiger partial charge in [-0.15, -0.1) is 0 Å². The molecule has 2 amide bonds. The molecule has 0 aliphatic rings. The van der Waals surface area contributed by atoms with Gasteiger partial charge in [0.05, 0.1) is 0 Å². The fraction of sp³-hybridized carbons (Fsp3) is 0.105. The molecule has 0 fully saturated rings. The number of primary amides is 1. The summed E-state index contributed by atoms with van der Waals surface area (Å²) < 4.78 is 4.88. The third kappa shape index (κ3) is 5.95. The number of carbonyl (C=O) groups excluding carboxylic acids is 3. The minimum Gasteiger partial charge on any atom is -0.452 e. The molecule has 128 valence electrons. The second-order valence-corrected chi connectivity index (χ2v) is 5.34. The third-order valence-corrected chi connectivity index (χ3v) is 3.25. The van der Waals surface area contributed by atoms with Crippen molar-refractivity contribution in [1.82, 2.24) is 0 Å². The Labute approximate surface area is 145 Å². The number of carbonyl (C=O) groups is 3. The first kappa shape index (κ1) is 17.9. The number of nitrogens with two attached hydrogens (primary N) is 1. The Bertz CT molecular complexity index is 810. The Morgan fingerprint density at radius 3 is 2.48 bits per heavy atom. The van der Waals surface area contributed by atoms with E-state index in [9.17, 15) is 14.4 Å². The second kappa shape index (κ2) is 8.44. The minimum absolute atomic E-state index is 0.339. The van der Waals surface area contributed by atoms with Crippen LogP contribution < -0.4 is 11.1 Å². The van der Waals surface area contributed by atoms with Crippen molar-refractivity contribution >= 4 is 29.5 Å². The van der Waals surface area contributed by atoms with E-state index < -0.39 is 24.4 Å². The quantitative estimate of drug-likeness (QED) is 0.623. The molecule has 6 nitrogen and oxygen atoms in total. The van der Waals surface area contributed by atoms with Gasteiger partial charge < -0.3 is 15.8 Å². The van der Waals surface area contributed by atoms with Crippen LogP contribution in [0.2, 0.25) is 0 Å². The maximum absolute atomic E-state index is 11.8. The molecule has 0 spiro atoms. The first-order valence-electron chi connectivity index (χ1n) is 7.55. The van der Waals surface area contributed by atoms with Crippen molar-refractivity contribution in [2.45, 2.75) is 6.92 Å². The lowest BCUT2D eigenvalue weighted by molar-refractivity contribution is -0.142. The van der Waals surface area contributed by atoms with Gasteiger partial charge in [0.2, 0.25) is 5.91 Å². The van der Waals surface area contributed by atoms with Crippen LogP contribution in [-0.2, 0) is 14.3 Å². The van der Waals surface area contributed by atoms with Crippen LogP contribution in [0.4, 0.5) is 5.69 Å². The molecule has 0 aromatic heterocycles. The number of nitrogens with one attached hydrogen (secondary N) is 1. The van der Waals surface area contributed by atoms with Gasteiger partial charge in [-0.05, 0) is 42.8 Å². The molecule has 2 aromatic rings. The normalized spacial score (nSPS) is 10.4. The first-order chi connectivity index (χ1) is 11.9. The average molecular weight is 338 g/mol. The van der Waals surface area contributed by atoms with Crippen LogP contribution in [0.25, 0.3) is 6.08 Å². The third-order valence-electron chi connectivity index (χ3n) is 3.25.